The topological polar surface area (TPSA) is 70.2 Å². The lowest BCUT2D eigenvalue weighted by Crippen LogP contribution is -2.36. The van der Waals surface area contributed by atoms with Gasteiger partial charge in [0, 0.05) is 36.0 Å². The van der Waals surface area contributed by atoms with Crippen LogP contribution in [-0.2, 0) is 4.79 Å². The summed E-state index contributed by atoms with van der Waals surface area (Å²) in [4.78, 5) is 24.1. The number of benzene rings is 1. The molecule has 0 unspecified atom stereocenters. The molecule has 5 heteroatoms. The maximum absolute atomic E-state index is 12.1. The third-order valence-electron chi connectivity index (χ3n) is 3.84. The first-order chi connectivity index (χ1) is 10.1. The second-order valence-electron chi connectivity index (χ2n) is 5.61. The highest BCUT2D eigenvalue weighted by Crippen LogP contribution is 2.20. The van der Waals surface area contributed by atoms with Gasteiger partial charge in [0.25, 0.3) is 11.8 Å². The van der Waals surface area contributed by atoms with Crippen molar-refractivity contribution < 1.29 is 9.59 Å². The van der Waals surface area contributed by atoms with Crippen molar-refractivity contribution in [2.45, 2.75) is 25.8 Å². The van der Waals surface area contributed by atoms with Crippen LogP contribution in [0.15, 0.2) is 35.4 Å². The van der Waals surface area contributed by atoms with Crippen LogP contribution >= 0.6 is 0 Å². The van der Waals surface area contributed by atoms with E-state index in [4.69, 9.17) is 0 Å². The second kappa shape index (κ2) is 5.69. The van der Waals surface area contributed by atoms with Gasteiger partial charge < -0.3 is 16.0 Å². The highest BCUT2D eigenvalue weighted by molar-refractivity contribution is 6.05. The van der Waals surface area contributed by atoms with Crippen LogP contribution in [0.5, 0.6) is 0 Å². The summed E-state index contributed by atoms with van der Waals surface area (Å²) < 4.78 is 0. The molecule has 0 spiro atoms. The van der Waals surface area contributed by atoms with E-state index in [1.807, 2.05) is 6.92 Å². The maximum atomic E-state index is 12.1. The molecule has 1 saturated carbocycles. The Balaban J connectivity index is 1.67. The van der Waals surface area contributed by atoms with Gasteiger partial charge in [-0.1, -0.05) is 6.07 Å². The number of anilines is 1. The van der Waals surface area contributed by atoms with Crippen molar-refractivity contribution in [1.82, 2.24) is 10.6 Å². The molecule has 1 saturated heterocycles. The molecule has 1 aromatic carbocycles. The van der Waals surface area contributed by atoms with Crippen molar-refractivity contribution in [1.29, 1.82) is 0 Å². The van der Waals surface area contributed by atoms with Gasteiger partial charge in [0.1, 0.15) is 0 Å². The number of carbonyl (C=O) groups excluding carboxylic acids is 2. The van der Waals surface area contributed by atoms with E-state index < -0.39 is 0 Å². The molecule has 3 N–H and O–H groups in total. The van der Waals surface area contributed by atoms with Crippen molar-refractivity contribution in [3.8, 4) is 0 Å². The van der Waals surface area contributed by atoms with E-state index in [1.54, 1.807) is 24.3 Å². The smallest absolute Gasteiger partial charge is 0.251 e. The van der Waals surface area contributed by atoms with Gasteiger partial charge in [-0.25, -0.2) is 0 Å². The van der Waals surface area contributed by atoms with Crippen LogP contribution in [-0.4, -0.2) is 30.9 Å². The highest BCUT2D eigenvalue weighted by atomic mass is 16.2. The Morgan fingerprint density at radius 1 is 1.24 bits per heavy atom. The summed E-state index contributed by atoms with van der Waals surface area (Å²) in [6, 6.07) is 7.38. The molecule has 2 fully saturated rings. The van der Waals surface area contributed by atoms with Gasteiger partial charge in [0.2, 0.25) is 0 Å². The Morgan fingerprint density at radius 3 is 2.62 bits per heavy atom. The zero-order valence-electron chi connectivity index (χ0n) is 12.0. The van der Waals surface area contributed by atoms with E-state index >= 15 is 0 Å². The van der Waals surface area contributed by atoms with Gasteiger partial charge in [-0.05, 0) is 43.5 Å². The molecule has 2 amide bonds. The molecular weight excluding hydrogens is 266 g/mol. The monoisotopic (exact) mass is 285 g/mol. The molecular formula is C16H19N3O2. The molecule has 1 aromatic rings. The molecule has 110 valence electrons. The average molecular weight is 285 g/mol. The van der Waals surface area contributed by atoms with Gasteiger partial charge in [0.05, 0.1) is 0 Å². The Morgan fingerprint density at radius 2 is 2.00 bits per heavy atom. The van der Waals surface area contributed by atoms with E-state index in [0.717, 1.165) is 37.1 Å². The fourth-order valence-electron chi connectivity index (χ4n) is 2.14. The number of carbonyl (C=O) groups is 2. The number of nitrogens with one attached hydrogen (secondary N) is 3. The molecule has 0 atom stereocenters. The molecule has 0 bridgehead atoms. The zero-order chi connectivity index (χ0) is 14.8. The number of hydrogen-bond donors (Lipinski definition) is 3. The van der Waals surface area contributed by atoms with E-state index in [0.29, 0.717) is 17.3 Å². The number of rotatable bonds is 4. The maximum Gasteiger partial charge on any atom is 0.251 e. The quantitative estimate of drug-likeness (QED) is 0.733. The first kappa shape index (κ1) is 13.8. The van der Waals surface area contributed by atoms with Gasteiger partial charge >= 0.3 is 0 Å². The summed E-state index contributed by atoms with van der Waals surface area (Å²) in [6.07, 6.45) is 2.12. The molecule has 0 aromatic heterocycles. The summed E-state index contributed by atoms with van der Waals surface area (Å²) in [5.41, 5.74) is 3.11. The van der Waals surface area contributed by atoms with Crippen molar-refractivity contribution in [2.75, 3.05) is 18.4 Å². The van der Waals surface area contributed by atoms with Crippen molar-refractivity contribution >= 4 is 17.5 Å². The minimum Gasteiger partial charge on any atom is -0.349 e. The van der Waals surface area contributed by atoms with Crippen LogP contribution in [0.3, 0.4) is 0 Å². The van der Waals surface area contributed by atoms with E-state index in [1.165, 1.54) is 0 Å². The third-order valence-corrected chi connectivity index (χ3v) is 3.84. The lowest BCUT2D eigenvalue weighted by molar-refractivity contribution is -0.112. The third kappa shape index (κ3) is 3.31. The second-order valence-corrected chi connectivity index (χ2v) is 5.61. The molecule has 1 heterocycles. The number of hydrogen-bond acceptors (Lipinski definition) is 3. The van der Waals surface area contributed by atoms with Gasteiger partial charge in [-0.3, -0.25) is 9.59 Å². The zero-order valence-corrected chi connectivity index (χ0v) is 12.0. The average Bonchev–Trinajstić information content (AvgIpc) is 3.21. The van der Waals surface area contributed by atoms with Gasteiger partial charge in [-0.2, -0.15) is 0 Å². The SMILES string of the molecule is CC(C(=O)Nc1cccc(C(=O)NC2CC2)c1)=C1CNC1. The minimum absolute atomic E-state index is 0.0770. The predicted molar refractivity (Wildman–Crippen MR) is 81.1 cm³/mol. The minimum atomic E-state index is -0.105. The van der Waals surface area contributed by atoms with Crippen LogP contribution < -0.4 is 16.0 Å². The first-order valence-electron chi connectivity index (χ1n) is 7.25. The summed E-state index contributed by atoms with van der Waals surface area (Å²) in [7, 11) is 0. The Hall–Kier alpha value is -2.14. The van der Waals surface area contributed by atoms with E-state index in [2.05, 4.69) is 16.0 Å². The first-order valence-corrected chi connectivity index (χ1v) is 7.25. The predicted octanol–water partition coefficient (Wildman–Crippen LogP) is 1.44. The van der Waals surface area contributed by atoms with Crippen LogP contribution in [0, 0.1) is 0 Å². The van der Waals surface area contributed by atoms with Gasteiger partial charge in [0.15, 0.2) is 0 Å². The van der Waals surface area contributed by atoms with Crippen molar-refractivity contribution in [3.05, 3.63) is 41.0 Å². The van der Waals surface area contributed by atoms with Crippen molar-refractivity contribution in [3.63, 3.8) is 0 Å². The molecule has 2 aliphatic rings. The summed E-state index contributed by atoms with van der Waals surface area (Å²) in [6.45, 7) is 3.39. The normalized spacial score (nSPS) is 16.9. The molecule has 5 nitrogen and oxygen atoms in total. The van der Waals surface area contributed by atoms with Gasteiger partial charge in [-0.15, -0.1) is 0 Å². The molecule has 3 rings (SSSR count). The Labute approximate surface area is 123 Å². The Bertz CT molecular complexity index is 612. The number of amides is 2. The van der Waals surface area contributed by atoms with E-state index in [9.17, 15) is 9.59 Å². The fraction of sp³-hybridized carbons (Fsp3) is 0.375. The Kier molecular flexibility index (Phi) is 3.75. The summed E-state index contributed by atoms with van der Waals surface area (Å²) in [5.74, 6) is -0.182. The molecule has 1 aliphatic carbocycles. The highest BCUT2D eigenvalue weighted by Gasteiger charge is 2.24. The standard InChI is InChI=1S/C16H19N3O2/c1-10(12-8-17-9-12)15(20)19-14-4-2-3-11(7-14)16(21)18-13-5-6-13/h2-4,7,13,17H,5-6,8-9H2,1H3,(H,18,21)(H,19,20). The fourth-order valence-corrected chi connectivity index (χ4v) is 2.14. The van der Waals surface area contributed by atoms with Crippen LogP contribution in [0.25, 0.3) is 0 Å². The molecule has 0 radical (unpaired) electrons. The summed E-state index contributed by atoms with van der Waals surface area (Å²) >= 11 is 0. The molecule has 21 heavy (non-hydrogen) atoms. The van der Waals surface area contributed by atoms with E-state index in [-0.39, 0.29) is 11.8 Å². The van der Waals surface area contributed by atoms with Crippen LogP contribution in [0.2, 0.25) is 0 Å². The lowest BCUT2D eigenvalue weighted by atomic mass is 10.0. The lowest BCUT2D eigenvalue weighted by Gasteiger charge is -2.21. The largest absolute Gasteiger partial charge is 0.349 e. The summed E-state index contributed by atoms with van der Waals surface area (Å²) in [5, 5.41) is 8.91. The van der Waals surface area contributed by atoms with Crippen LogP contribution in [0.1, 0.15) is 30.1 Å². The van der Waals surface area contributed by atoms with Crippen LogP contribution in [0.4, 0.5) is 5.69 Å². The molecule has 1 aliphatic heterocycles. The van der Waals surface area contributed by atoms with Crippen molar-refractivity contribution in [2.24, 2.45) is 0 Å².